The van der Waals surface area contributed by atoms with Gasteiger partial charge in [0.05, 0.1) is 18.0 Å². The van der Waals surface area contributed by atoms with Crippen molar-refractivity contribution < 1.29 is 34.8 Å². The first kappa shape index (κ1) is 26.5. The van der Waals surface area contributed by atoms with E-state index in [1.54, 1.807) is 12.1 Å². The van der Waals surface area contributed by atoms with Crippen LogP contribution >= 0.6 is 23.5 Å². The van der Waals surface area contributed by atoms with Gasteiger partial charge >= 0.3 is 0 Å². The summed E-state index contributed by atoms with van der Waals surface area (Å²) in [6.07, 6.45) is -5.47. The zero-order valence-corrected chi connectivity index (χ0v) is 20.3. The Kier molecular flexibility index (Phi) is 9.37. The summed E-state index contributed by atoms with van der Waals surface area (Å²) >= 11 is 2.51. The average molecular weight is 509 g/mol. The number of aliphatic hydroxyl groups is 4. The van der Waals surface area contributed by atoms with Crippen LogP contribution in [0.5, 0.6) is 0 Å². The van der Waals surface area contributed by atoms with Gasteiger partial charge < -0.3 is 35.8 Å². The molecular weight excluding hydrogens is 480 g/mol. The van der Waals surface area contributed by atoms with Crippen molar-refractivity contribution in [3.8, 4) is 0 Å². The molecule has 2 aromatic rings. The summed E-state index contributed by atoms with van der Waals surface area (Å²) in [6, 6.07) is 13.2. The molecule has 1 saturated heterocycles. The molecule has 1 heterocycles. The minimum absolute atomic E-state index is 0.273. The molecule has 0 saturated carbocycles. The SMILES string of the molecule is CC(=O)Nc1cc(NC(C)=O)c(S[C@@H]2O[C@H](CO)[C@H](O)[C@H](O)[C@H]2O)cc1SCc1ccccc1. The largest absolute Gasteiger partial charge is 0.394 e. The normalized spacial score (nSPS) is 24.5. The zero-order chi connectivity index (χ0) is 24.8. The van der Waals surface area contributed by atoms with Gasteiger partial charge in [-0.25, -0.2) is 0 Å². The number of nitrogens with one attached hydrogen (secondary N) is 2. The van der Waals surface area contributed by atoms with Crippen LogP contribution in [0.4, 0.5) is 11.4 Å². The molecule has 0 unspecified atom stereocenters. The Morgan fingerprint density at radius 1 is 0.912 bits per heavy atom. The maximum atomic E-state index is 11.8. The highest BCUT2D eigenvalue weighted by Crippen LogP contribution is 2.42. The van der Waals surface area contributed by atoms with Gasteiger partial charge in [0.1, 0.15) is 29.9 Å². The molecule has 5 atom stereocenters. The number of carbonyl (C=O) groups is 2. The quantitative estimate of drug-likeness (QED) is 0.294. The summed E-state index contributed by atoms with van der Waals surface area (Å²) in [5.74, 6) is 0.00985. The summed E-state index contributed by atoms with van der Waals surface area (Å²) in [7, 11) is 0. The van der Waals surface area contributed by atoms with Crippen LogP contribution in [0.3, 0.4) is 0 Å². The van der Waals surface area contributed by atoms with Gasteiger partial charge in [0.25, 0.3) is 0 Å². The minimum Gasteiger partial charge on any atom is -0.394 e. The third-order valence-electron chi connectivity index (χ3n) is 5.03. The highest BCUT2D eigenvalue weighted by atomic mass is 32.2. The Morgan fingerprint density at radius 2 is 1.53 bits per heavy atom. The maximum Gasteiger partial charge on any atom is 0.221 e. The van der Waals surface area contributed by atoms with E-state index in [2.05, 4.69) is 10.6 Å². The highest BCUT2D eigenvalue weighted by molar-refractivity contribution is 8.00. The smallest absolute Gasteiger partial charge is 0.221 e. The summed E-state index contributed by atoms with van der Waals surface area (Å²) in [5.41, 5.74) is 0.939. The number of carbonyl (C=O) groups excluding carboxylic acids is 2. The topological polar surface area (TPSA) is 148 Å². The van der Waals surface area contributed by atoms with Crippen LogP contribution in [0.15, 0.2) is 52.3 Å². The van der Waals surface area contributed by atoms with Gasteiger partial charge in [-0.2, -0.15) is 0 Å². The van der Waals surface area contributed by atoms with E-state index in [-0.39, 0.29) is 11.8 Å². The molecule has 0 radical (unpaired) electrons. The number of aliphatic hydroxyl groups excluding tert-OH is 4. The number of ether oxygens (including phenoxy) is 1. The monoisotopic (exact) mass is 508 g/mol. The van der Waals surface area contributed by atoms with Gasteiger partial charge in [-0.1, -0.05) is 42.1 Å². The van der Waals surface area contributed by atoms with Crippen molar-refractivity contribution in [2.75, 3.05) is 17.2 Å². The lowest BCUT2D eigenvalue weighted by Gasteiger charge is -2.39. The zero-order valence-electron chi connectivity index (χ0n) is 18.7. The number of thioether (sulfide) groups is 2. The van der Waals surface area contributed by atoms with E-state index >= 15 is 0 Å². The van der Waals surface area contributed by atoms with Gasteiger partial charge in [0.2, 0.25) is 11.8 Å². The van der Waals surface area contributed by atoms with E-state index in [0.29, 0.717) is 22.0 Å². The summed E-state index contributed by atoms with van der Waals surface area (Å²) in [6.45, 7) is 2.19. The van der Waals surface area contributed by atoms with Crippen molar-refractivity contribution in [3.05, 3.63) is 48.0 Å². The van der Waals surface area contributed by atoms with E-state index in [9.17, 15) is 30.0 Å². The van der Waals surface area contributed by atoms with Crippen molar-refractivity contribution in [2.45, 2.75) is 59.2 Å². The van der Waals surface area contributed by atoms with Gasteiger partial charge in [-0.15, -0.1) is 11.8 Å². The van der Waals surface area contributed by atoms with Crippen LogP contribution in [0.2, 0.25) is 0 Å². The van der Waals surface area contributed by atoms with E-state index in [1.165, 1.54) is 25.6 Å². The number of rotatable bonds is 8. The van der Waals surface area contributed by atoms with Crippen LogP contribution < -0.4 is 10.6 Å². The summed E-state index contributed by atoms with van der Waals surface area (Å²) < 4.78 is 5.62. The third kappa shape index (κ3) is 6.72. The molecule has 0 bridgehead atoms. The molecule has 1 aliphatic rings. The van der Waals surface area contributed by atoms with E-state index in [4.69, 9.17) is 4.74 Å². The summed E-state index contributed by atoms with van der Waals surface area (Å²) in [5, 5.41) is 45.6. The fourth-order valence-corrected chi connectivity index (χ4v) is 5.61. The first-order chi connectivity index (χ1) is 16.2. The Hall–Kier alpha value is -2.12. The molecular formula is C23H28N2O7S2. The van der Waals surface area contributed by atoms with Crippen LogP contribution in [0, 0.1) is 0 Å². The van der Waals surface area contributed by atoms with Crippen LogP contribution in [-0.2, 0) is 20.1 Å². The van der Waals surface area contributed by atoms with Gasteiger partial charge in [-0.05, 0) is 17.7 Å². The number of anilines is 2. The molecule has 6 N–H and O–H groups in total. The van der Waals surface area contributed by atoms with Crippen LogP contribution in [-0.4, -0.2) is 68.7 Å². The molecule has 0 spiro atoms. The number of benzene rings is 2. The average Bonchev–Trinajstić information content (AvgIpc) is 2.80. The molecule has 0 aliphatic carbocycles. The lowest BCUT2D eigenvalue weighted by Crippen LogP contribution is -2.57. The van der Waals surface area contributed by atoms with Gasteiger partial charge in [0, 0.05) is 29.4 Å². The molecule has 0 aromatic heterocycles. The van der Waals surface area contributed by atoms with Gasteiger partial charge in [0.15, 0.2) is 0 Å². The van der Waals surface area contributed by atoms with Crippen molar-refractivity contribution in [1.82, 2.24) is 0 Å². The second kappa shape index (κ2) is 12.0. The second-order valence-corrected chi connectivity index (χ2v) is 9.95. The third-order valence-corrected chi connectivity index (χ3v) is 7.37. The minimum atomic E-state index is -1.52. The molecule has 9 nitrogen and oxygen atoms in total. The van der Waals surface area contributed by atoms with Crippen molar-refractivity contribution in [2.24, 2.45) is 0 Å². The van der Waals surface area contributed by atoms with E-state index in [0.717, 1.165) is 22.2 Å². The van der Waals surface area contributed by atoms with Crippen LogP contribution in [0.25, 0.3) is 0 Å². The fourth-order valence-electron chi connectivity index (χ4n) is 3.38. The second-order valence-electron chi connectivity index (χ2n) is 7.80. The van der Waals surface area contributed by atoms with E-state index < -0.39 is 36.5 Å². The molecule has 1 fully saturated rings. The Labute approximate surface area is 205 Å². The van der Waals surface area contributed by atoms with Crippen molar-refractivity contribution >= 4 is 46.7 Å². The highest BCUT2D eigenvalue weighted by Gasteiger charge is 2.44. The first-order valence-electron chi connectivity index (χ1n) is 10.6. The molecule has 3 rings (SSSR count). The molecule has 2 aromatic carbocycles. The Bertz CT molecular complexity index is 1010. The molecule has 1 aliphatic heterocycles. The number of amides is 2. The van der Waals surface area contributed by atoms with E-state index in [1.807, 2.05) is 30.3 Å². The maximum absolute atomic E-state index is 11.8. The fraction of sp³-hybridized carbons (Fsp3) is 0.391. The first-order valence-corrected chi connectivity index (χ1v) is 12.4. The van der Waals surface area contributed by atoms with Gasteiger partial charge in [-0.3, -0.25) is 9.59 Å². The molecule has 11 heteroatoms. The molecule has 2 amide bonds. The number of hydrogen-bond donors (Lipinski definition) is 6. The molecule has 184 valence electrons. The lowest BCUT2D eigenvalue weighted by molar-refractivity contribution is -0.205. The van der Waals surface area contributed by atoms with Crippen LogP contribution in [0.1, 0.15) is 19.4 Å². The predicted octanol–water partition coefficient (Wildman–Crippen LogP) is 1.79. The Balaban J connectivity index is 1.96. The van der Waals surface area contributed by atoms with Crippen molar-refractivity contribution in [3.63, 3.8) is 0 Å². The standard InChI is InChI=1S/C23H28N2O7S2/c1-12(27)24-15-8-16(25-13(2)28)19(9-18(15)33-11-14-6-4-3-5-7-14)34-23-22(31)21(30)20(29)17(10-26)32-23/h3-9,17,20-23,26,29-31H,10-11H2,1-2H3,(H,24,27)(H,25,28)/t17-,20+,21+,22-,23+/m1/s1. The molecule has 34 heavy (non-hydrogen) atoms. The number of hydrogen-bond acceptors (Lipinski definition) is 9. The summed E-state index contributed by atoms with van der Waals surface area (Å²) in [4.78, 5) is 24.9. The van der Waals surface area contributed by atoms with Crippen molar-refractivity contribution in [1.29, 1.82) is 0 Å². The lowest BCUT2D eigenvalue weighted by atomic mass is 10.0. The Morgan fingerprint density at radius 3 is 2.12 bits per heavy atom. The predicted molar refractivity (Wildman–Crippen MR) is 131 cm³/mol.